The summed E-state index contributed by atoms with van der Waals surface area (Å²) in [5.74, 6) is 0.766. The Kier molecular flexibility index (Phi) is 5.15. The molecule has 0 aliphatic heterocycles. The number of thioether (sulfide) groups is 1. The minimum absolute atomic E-state index is 0.275. The van der Waals surface area contributed by atoms with E-state index in [0.717, 1.165) is 21.2 Å². The molecule has 18 heavy (non-hydrogen) atoms. The maximum absolute atomic E-state index is 10.4. The highest BCUT2D eigenvalue weighted by molar-refractivity contribution is 9.10. The highest BCUT2D eigenvalue weighted by Gasteiger charge is 2.22. The minimum Gasteiger partial charge on any atom is -0.386 e. The Morgan fingerprint density at radius 2 is 2.17 bits per heavy atom. The first kappa shape index (κ1) is 14.4. The number of rotatable bonds is 5. The van der Waals surface area contributed by atoms with Gasteiger partial charge in [-0.2, -0.15) is 16.9 Å². The van der Waals surface area contributed by atoms with Gasteiger partial charge < -0.3 is 5.11 Å². The molecule has 0 saturated heterocycles. The lowest BCUT2D eigenvalue weighted by Gasteiger charge is -2.18. The molecule has 1 fully saturated rings. The molecule has 1 aliphatic carbocycles. The molecule has 0 radical (unpaired) electrons. The van der Waals surface area contributed by atoms with E-state index < -0.39 is 6.10 Å². The van der Waals surface area contributed by atoms with Crippen LogP contribution in [0.2, 0.25) is 0 Å². The smallest absolute Gasteiger partial charge is 0.106 e. The van der Waals surface area contributed by atoms with Crippen molar-refractivity contribution >= 4 is 27.7 Å². The number of hydrogen-bond donors (Lipinski definition) is 1. The molecule has 3 nitrogen and oxygen atoms in total. The van der Waals surface area contributed by atoms with Crippen LogP contribution in [-0.4, -0.2) is 25.9 Å². The standard InChI is InChI=1S/C13H21BrN2OS/c1-9(2)16-13(11(14)7-15-16)12(17)8-18-10-5-3-4-6-10/h7,9-10,12,17H,3-6,8H2,1-2H3. The molecule has 1 N–H and O–H groups in total. The number of halogens is 1. The van der Waals surface area contributed by atoms with Crippen LogP contribution in [0.25, 0.3) is 0 Å². The van der Waals surface area contributed by atoms with E-state index in [1.807, 2.05) is 16.4 Å². The molecule has 0 spiro atoms. The van der Waals surface area contributed by atoms with E-state index in [1.165, 1.54) is 25.7 Å². The second-order valence-corrected chi connectivity index (χ2v) is 7.36. The topological polar surface area (TPSA) is 38.0 Å². The van der Waals surface area contributed by atoms with Crippen LogP contribution < -0.4 is 0 Å². The number of aliphatic hydroxyl groups excluding tert-OH is 1. The van der Waals surface area contributed by atoms with Gasteiger partial charge in [0.2, 0.25) is 0 Å². The van der Waals surface area contributed by atoms with Crippen molar-refractivity contribution in [2.24, 2.45) is 0 Å². The highest BCUT2D eigenvalue weighted by Crippen LogP contribution is 2.34. The fourth-order valence-corrected chi connectivity index (χ4v) is 4.25. The lowest BCUT2D eigenvalue weighted by atomic mass is 10.2. The van der Waals surface area contributed by atoms with Crippen molar-refractivity contribution in [3.63, 3.8) is 0 Å². The normalized spacial score (nSPS) is 18.7. The van der Waals surface area contributed by atoms with Crippen LogP contribution >= 0.6 is 27.7 Å². The molecular weight excluding hydrogens is 312 g/mol. The first-order valence-corrected chi connectivity index (χ1v) is 8.46. The Balaban J connectivity index is 1.98. The van der Waals surface area contributed by atoms with E-state index in [2.05, 4.69) is 34.9 Å². The van der Waals surface area contributed by atoms with E-state index in [4.69, 9.17) is 0 Å². The molecule has 1 aromatic rings. The number of hydrogen-bond acceptors (Lipinski definition) is 3. The fraction of sp³-hybridized carbons (Fsp3) is 0.769. The Morgan fingerprint density at radius 1 is 1.50 bits per heavy atom. The zero-order valence-electron chi connectivity index (χ0n) is 11.0. The van der Waals surface area contributed by atoms with E-state index in [9.17, 15) is 5.11 Å². The van der Waals surface area contributed by atoms with Crippen LogP contribution in [0, 0.1) is 0 Å². The largest absolute Gasteiger partial charge is 0.386 e. The van der Waals surface area contributed by atoms with E-state index >= 15 is 0 Å². The Hall–Kier alpha value is -0.0000000000000000555. The zero-order chi connectivity index (χ0) is 13.1. The summed E-state index contributed by atoms with van der Waals surface area (Å²) < 4.78 is 2.82. The number of nitrogens with zero attached hydrogens (tertiary/aromatic N) is 2. The van der Waals surface area contributed by atoms with Crippen molar-refractivity contribution in [1.29, 1.82) is 0 Å². The Bertz CT molecular complexity index is 388. The quantitative estimate of drug-likeness (QED) is 0.887. The van der Waals surface area contributed by atoms with Crippen molar-refractivity contribution in [2.45, 2.75) is 56.9 Å². The Labute approximate surface area is 121 Å². The van der Waals surface area contributed by atoms with Gasteiger partial charge >= 0.3 is 0 Å². The van der Waals surface area contributed by atoms with Crippen LogP contribution in [0.1, 0.15) is 57.4 Å². The van der Waals surface area contributed by atoms with Crippen LogP contribution in [0.4, 0.5) is 0 Å². The summed E-state index contributed by atoms with van der Waals surface area (Å²) in [6, 6.07) is 0.275. The van der Waals surface area contributed by atoms with Crippen molar-refractivity contribution in [3.8, 4) is 0 Å². The second-order valence-electron chi connectivity index (χ2n) is 5.17. The van der Waals surface area contributed by atoms with Crippen molar-refractivity contribution in [1.82, 2.24) is 9.78 Å². The van der Waals surface area contributed by atoms with Crippen LogP contribution in [0.15, 0.2) is 10.7 Å². The third-order valence-corrected chi connectivity index (χ3v) is 5.45. The molecule has 1 atom stereocenters. The average molecular weight is 333 g/mol. The van der Waals surface area contributed by atoms with Gasteiger partial charge in [0.15, 0.2) is 0 Å². The predicted octanol–water partition coefficient (Wildman–Crippen LogP) is 3.94. The first-order chi connectivity index (χ1) is 8.59. The third kappa shape index (κ3) is 3.31. The van der Waals surface area contributed by atoms with Crippen LogP contribution in [-0.2, 0) is 0 Å². The average Bonchev–Trinajstić information content (AvgIpc) is 2.94. The summed E-state index contributed by atoms with van der Waals surface area (Å²) in [7, 11) is 0. The highest BCUT2D eigenvalue weighted by atomic mass is 79.9. The van der Waals surface area contributed by atoms with E-state index in [1.54, 1.807) is 6.20 Å². The molecule has 1 aliphatic rings. The molecule has 102 valence electrons. The van der Waals surface area contributed by atoms with Gasteiger partial charge in [-0.1, -0.05) is 12.8 Å². The summed E-state index contributed by atoms with van der Waals surface area (Å²) in [6.45, 7) is 4.17. The molecule has 1 aromatic heterocycles. The molecule has 2 rings (SSSR count). The molecule has 0 bridgehead atoms. The summed E-state index contributed by atoms with van der Waals surface area (Å²) >= 11 is 5.39. The summed E-state index contributed by atoms with van der Waals surface area (Å²) in [4.78, 5) is 0. The van der Waals surface area contributed by atoms with Crippen LogP contribution in [0.3, 0.4) is 0 Å². The monoisotopic (exact) mass is 332 g/mol. The summed E-state index contributed by atoms with van der Waals surface area (Å²) in [5, 5.41) is 15.4. The van der Waals surface area contributed by atoms with Gasteiger partial charge in [-0.05, 0) is 42.6 Å². The second kappa shape index (κ2) is 6.44. The molecule has 1 saturated carbocycles. The lowest BCUT2D eigenvalue weighted by Crippen LogP contribution is -2.14. The molecule has 1 unspecified atom stereocenters. The molecule has 0 amide bonds. The van der Waals surface area contributed by atoms with Crippen molar-refractivity contribution in [2.75, 3.05) is 5.75 Å². The fourth-order valence-electron chi connectivity index (χ4n) is 2.44. The van der Waals surface area contributed by atoms with E-state index in [0.29, 0.717) is 0 Å². The molecule has 1 heterocycles. The van der Waals surface area contributed by atoms with Gasteiger partial charge in [-0.15, -0.1) is 0 Å². The Morgan fingerprint density at radius 3 is 2.78 bits per heavy atom. The third-order valence-electron chi connectivity index (χ3n) is 3.38. The molecule has 0 aromatic carbocycles. The summed E-state index contributed by atoms with van der Waals surface area (Å²) in [6.07, 6.45) is 6.65. The first-order valence-electron chi connectivity index (χ1n) is 6.62. The number of aromatic nitrogens is 2. The van der Waals surface area contributed by atoms with Crippen molar-refractivity contribution in [3.05, 3.63) is 16.4 Å². The predicted molar refractivity (Wildman–Crippen MR) is 80.0 cm³/mol. The van der Waals surface area contributed by atoms with Gasteiger partial charge in [0, 0.05) is 17.0 Å². The maximum Gasteiger partial charge on any atom is 0.106 e. The molecular formula is C13H21BrN2OS. The zero-order valence-corrected chi connectivity index (χ0v) is 13.4. The summed E-state index contributed by atoms with van der Waals surface area (Å²) in [5.41, 5.74) is 0.912. The molecule has 5 heteroatoms. The van der Waals surface area contributed by atoms with Gasteiger partial charge in [-0.25, -0.2) is 0 Å². The van der Waals surface area contributed by atoms with Gasteiger partial charge in [-0.3, -0.25) is 4.68 Å². The number of aliphatic hydroxyl groups is 1. The van der Waals surface area contributed by atoms with Gasteiger partial charge in [0.25, 0.3) is 0 Å². The lowest BCUT2D eigenvalue weighted by molar-refractivity contribution is 0.188. The van der Waals surface area contributed by atoms with Crippen LogP contribution in [0.5, 0.6) is 0 Å². The van der Waals surface area contributed by atoms with Crippen molar-refractivity contribution < 1.29 is 5.11 Å². The maximum atomic E-state index is 10.4. The van der Waals surface area contributed by atoms with Gasteiger partial charge in [0.1, 0.15) is 6.10 Å². The van der Waals surface area contributed by atoms with Gasteiger partial charge in [0.05, 0.1) is 16.4 Å². The SMILES string of the molecule is CC(C)n1ncc(Br)c1C(O)CSC1CCCC1. The van der Waals surface area contributed by atoms with E-state index in [-0.39, 0.29) is 6.04 Å². The minimum atomic E-state index is -0.435.